The molecule has 0 radical (unpaired) electrons. The predicted octanol–water partition coefficient (Wildman–Crippen LogP) is 2.60. The van der Waals surface area contributed by atoms with Gasteiger partial charge in [-0.15, -0.1) is 11.8 Å². The number of aromatic nitrogens is 5. The average molecular weight is 298 g/mol. The van der Waals surface area contributed by atoms with Gasteiger partial charge < -0.3 is 5.32 Å². The van der Waals surface area contributed by atoms with E-state index >= 15 is 0 Å². The van der Waals surface area contributed by atoms with Crippen molar-refractivity contribution in [2.24, 2.45) is 0 Å². The number of rotatable bonds is 5. The Morgan fingerprint density at radius 1 is 1.29 bits per heavy atom. The first-order valence-electron chi connectivity index (χ1n) is 6.40. The second kappa shape index (κ2) is 6.36. The SMILES string of the molecule is CSc1cncc(NCc2cccc(-c3ncn[nH]3)c2)n1. The summed E-state index contributed by atoms with van der Waals surface area (Å²) in [6.07, 6.45) is 6.96. The van der Waals surface area contributed by atoms with Gasteiger partial charge in [-0.25, -0.2) is 9.97 Å². The van der Waals surface area contributed by atoms with Gasteiger partial charge in [0.1, 0.15) is 17.2 Å². The molecule has 2 N–H and O–H groups in total. The Hall–Kier alpha value is -2.41. The monoisotopic (exact) mass is 298 g/mol. The van der Waals surface area contributed by atoms with Crippen molar-refractivity contribution >= 4 is 17.6 Å². The van der Waals surface area contributed by atoms with E-state index in [1.807, 2.05) is 18.4 Å². The Bertz CT molecular complexity index is 713. The topological polar surface area (TPSA) is 79.4 Å². The molecule has 106 valence electrons. The van der Waals surface area contributed by atoms with Crippen LogP contribution in [0, 0.1) is 0 Å². The molecule has 0 aliphatic carbocycles. The van der Waals surface area contributed by atoms with E-state index in [1.54, 1.807) is 24.2 Å². The van der Waals surface area contributed by atoms with Gasteiger partial charge in [-0.05, 0) is 17.9 Å². The van der Waals surface area contributed by atoms with Crippen LogP contribution in [0.25, 0.3) is 11.4 Å². The van der Waals surface area contributed by atoms with Crippen molar-refractivity contribution in [1.82, 2.24) is 25.1 Å². The maximum atomic E-state index is 4.44. The molecule has 0 aliphatic rings. The summed E-state index contributed by atoms with van der Waals surface area (Å²) in [6.45, 7) is 0.675. The first-order chi connectivity index (χ1) is 10.3. The number of nitrogens with zero attached hydrogens (tertiary/aromatic N) is 4. The second-order valence-corrected chi connectivity index (χ2v) is 5.16. The number of anilines is 1. The van der Waals surface area contributed by atoms with Crippen molar-refractivity contribution in [3.8, 4) is 11.4 Å². The highest BCUT2D eigenvalue weighted by atomic mass is 32.2. The van der Waals surface area contributed by atoms with E-state index in [-0.39, 0.29) is 0 Å². The Morgan fingerprint density at radius 2 is 2.24 bits per heavy atom. The van der Waals surface area contributed by atoms with E-state index in [2.05, 4.69) is 42.6 Å². The second-order valence-electron chi connectivity index (χ2n) is 4.33. The molecule has 0 saturated carbocycles. The summed E-state index contributed by atoms with van der Waals surface area (Å²) in [7, 11) is 0. The third-order valence-corrected chi connectivity index (χ3v) is 3.53. The van der Waals surface area contributed by atoms with Crippen LogP contribution < -0.4 is 5.32 Å². The summed E-state index contributed by atoms with van der Waals surface area (Å²) in [6, 6.07) is 8.12. The summed E-state index contributed by atoms with van der Waals surface area (Å²) >= 11 is 1.57. The zero-order valence-electron chi connectivity index (χ0n) is 11.4. The van der Waals surface area contributed by atoms with Crippen LogP contribution in [-0.4, -0.2) is 31.4 Å². The van der Waals surface area contributed by atoms with E-state index in [0.29, 0.717) is 6.54 Å². The molecule has 0 amide bonds. The van der Waals surface area contributed by atoms with Gasteiger partial charge in [-0.3, -0.25) is 10.1 Å². The Balaban J connectivity index is 1.72. The molecule has 2 heterocycles. The maximum Gasteiger partial charge on any atom is 0.155 e. The van der Waals surface area contributed by atoms with Crippen LogP contribution in [0.3, 0.4) is 0 Å². The lowest BCUT2D eigenvalue weighted by Gasteiger charge is -2.07. The lowest BCUT2D eigenvalue weighted by atomic mass is 10.1. The molecular weight excluding hydrogens is 284 g/mol. The molecule has 3 rings (SSSR count). The summed E-state index contributed by atoms with van der Waals surface area (Å²) in [5.74, 6) is 1.54. The van der Waals surface area contributed by atoms with Crippen molar-refractivity contribution in [2.45, 2.75) is 11.6 Å². The number of H-pyrrole nitrogens is 1. The number of thioether (sulfide) groups is 1. The summed E-state index contributed by atoms with van der Waals surface area (Å²) in [5, 5.41) is 10.9. The first-order valence-corrected chi connectivity index (χ1v) is 7.62. The number of benzene rings is 1. The van der Waals surface area contributed by atoms with Crippen molar-refractivity contribution in [2.75, 3.05) is 11.6 Å². The Kier molecular flexibility index (Phi) is 4.11. The number of hydrogen-bond donors (Lipinski definition) is 2. The smallest absolute Gasteiger partial charge is 0.155 e. The van der Waals surface area contributed by atoms with Crippen molar-refractivity contribution < 1.29 is 0 Å². The van der Waals surface area contributed by atoms with Gasteiger partial charge in [-0.1, -0.05) is 18.2 Å². The van der Waals surface area contributed by atoms with Crippen molar-refractivity contribution in [3.05, 3.63) is 48.5 Å². The van der Waals surface area contributed by atoms with Crippen LogP contribution in [0.4, 0.5) is 5.82 Å². The van der Waals surface area contributed by atoms with E-state index in [1.165, 1.54) is 6.33 Å². The molecule has 0 atom stereocenters. The minimum atomic E-state index is 0.675. The van der Waals surface area contributed by atoms with Gasteiger partial charge >= 0.3 is 0 Å². The Morgan fingerprint density at radius 3 is 3.05 bits per heavy atom. The van der Waals surface area contributed by atoms with Gasteiger partial charge in [0.15, 0.2) is 5.82 Å². The number of nitrogens with one attached hydrogen (secondary N) is 2. The molecule has 0 spiro atoms. The molecule has 6 nitrogen and oxygen atoms in total. The molecule has 0 saturated heterocycles. The van der Waals surface area contributed by atoms with Crippen LogP contribution in [0.1, 0.15) is 5.56 Å². The van der Waals surface area contributed by atoms with E-state index in [4.69, 9.17) is 0 Å². The predicted molar refractivity (Wildman–Crippen MR) is 83.0 cm³/mol. The maximum absolute atomic E-state index is 4.44. The standard InChI is InChI=1S/C14H14N6S/c1-21-13-8-15-7-12(19-13)16-6-10-3-2-4-11(5-10)14-17-9-18-20-14/h2-5,7-9H,6H2,1H3,(H,16,19)(H,17,18,20). The highest BCUT2D eigenvalue weighted by Crippen LogP contribution is 2.17. The third kappa shape index (κ3) is 3.38. The largest absolute Gasteiger partial charge is 0.365 e. The van der Waals surface area contributed by atoms with Crippen LogP contribution >= 0.6 is 11.8 Å². The molecule has 2 aromatic heterocycles. The van der Waals surface area contributed by atoms with Crippen LogP contribution in [0.15, 0.2) is 48.0 Å². The molecule has 0 bridgehead atoms. The fourth-order valence-corrected chi connectivity index (χ4v) is 2.25. The normalized spacial score (nSPS) is 10.5. The van der Waals surface area contributed by atoms with Crippen molar-refractivity contribution in [3.63, 3.8) is 0 Å². The fraction of sp³-hybridized carbons (Fsp3) is 0.143. The van der Waals surface area contributed by atoms with Crippen LogP contribution in [-0.2, 0) is 6.54 Å². The molecule has 7 heteroatoms. The van der Waals surface area contributed by atoms with Crippen LogP contribution in [0.2, 0.25) is 0 Å². The fourth-order valence-electron chi connectivity index (χ4n) is 1.90. The van der Waals surface area contributed by atoms with E-state index in [9.17, 15) is 0 Å². The lowest BCUT2D eigenvalue weighted by molar-refractivity contribution is 1.02. The highest BCUT2D eigenvalue weighted by Gasteiger charge is 2.02. The minimum absolute atomic E-state index is 0.675. The van der Waals surface area contributed by atoms with Gasteiger partial charge in [0.05, 0.1) is 12.4 Å². The van der Waals surface area contributed by atoms with Gasteiger partial charge in [0.2, 0.25) is 0 Å². The number of aromatic amines is 1. The zero-order chi connectivity index (χ0) is 14.5. The lowest BCUT2D eigenvalue weighted by Crippen LogP contribution is -2.02. The quantitative estimate of drug-likeness (QED) is 0.705. The van der Waals surface area contributed by atoms with E-state index < -0.39 is 0 Å². The highest BCUT2D eigenvalue weighted by molar-refractivity contribution is 7.98. The Labute approximate surface area is 126 Å². The molecular formula is C14H14N6S. The van der Waals surface area contributed by atoms with Gasteiger partial charge in [0, 0.05) is 12.1 Å². The third-order valence-electron chi connectivity index (χ3n) is 2.91. The minimum Gasteiger partial charge on any atom is -0.365 e. The summed E-state index contributed by atoms with van der Waals surface area (Å²) in [5.41, 5.74) is 2.15. The van der Waals surface area contributed by atoms with Crippen molar-refractivity contribution in [1.29, 1.82) is 0 Å². The zero-order valence-corrected chi connectivity index (χ0v) is 12.3. The van der Waals surface area contributed by atoms with Gasteiger partial charge in [0.25, 0.3) is 0 Å². The van der Waals surface area contributed by atoms with E-state index in [0.717, 1.165) is 27.8 Å². The molecule has 0 fully saturated rings. The molecule has 0 aliphatic heterocycles. The summed E-state index contributed by atoms with van der Waals surface area (Å²) < 4.78 is 0. The average Bonchev–Trinajstić information content (AvgIpc) is 3.08. The molecule has 0 unspecified atom stereocenters. The number of hydrogen-bond acceptors (Lipinski definition) is 6. The molecule has 3 aromatic rings. The first kappa shape index (κ1) is 13.6. The van der Waals surface area contributed by atoms with Crippen LogP contribution in [0.5, 0.6) is 0 Å². The molecule has 21 heavy (non-hydrogen) atoms. The summed E-state index contributed by atoms with van der Waals surface area (Å²) in [4.78, 5) is 12.8. The van der Waals surface area contributed by atoms with Gasteiger partial charge in [-0.2, -0.15) is 5.10 Å². The molecule has 1 aromatic carbocycles.